The maximum atomic E-state index is 10.7. The smallest absolute Gasteiger partial charge is 0.404 e. The Balaban J connectivity index is 2.35. The second kappa shape index (κ2) is 7.49. The van der Waals surface area contributed by atoms with Gasteiger partial charge in [-0.15, -0.1) is 0 Å². The second-order valence-corrected chi connectivity index (χ2v) is 4.80. The largest absolute Gasteiger partial charge is 0.465 e. The molecule has 0 aromatic rings. The van der Waals surface area contributed by atoms with Gasteiger partial charge in [0.05, 0.1) is 0 Å². The van der Waals surface area contributed by atoms with Crippen LogP contribution in [0, 0.1) is 5.92 Å². The number of carboxylic acid groups (broad SMARTS) is 1. The van der Waals surface area contributed by atoms with Crippen LogP contribution in [0.2, 0.25) is 0 Å². The van der Waals surface area contributed by atoms with Crippen LogP contribution in [-0.2, 0) is 0 Å². The monoisotopic (exact) mass is 228 g/mol. The van der Waals surface area contributed by atoms with Crippen LogP contribution in [0.15, 0.2) is 0 Å². The summed E-state index contributed by atoms with van der Waals surface area (Å²) in [6, 6.07) is 0.0607. The van der Waals surface area contributed by atoms with Crippen LogP contribution < -0.4 is 10.6 Å². The Morgan fingerprint density at radius 1 is 1.31 bits per heavy atom. The summed E-state index contributed by atoms with van der Waals surface area (Å²) in [5.74, 6) is 0.702. The Morgan fingerprint density at radius 3 is 2.44 bits per heavy atom. The Morgan fingerprint density at radius 2 is 1.94 bits per heavy atom. The Bertz CT molecular complexity index is 201. The molecule has 0 radical (unpaired) electrons. The highest BCUT2D eigenvalue weighted by molar-refractivity contribution is 5.64. The number of rotatable bonds is 5. The number of hydrogen-bond donors (Lipinski definition) is 3. The van der Waals surface area contributed by atoms with Crippen LogP contribution in [0.1, 0.15) is 44.9 Å². The summed E-state index contributed by atoms with van der Waals surface area (Å²) in [7, 11) is 1.86. The van der Waals surface area contributed by atoms with Crippen molar-refractivity contribution >= 4 is 6.09 Å². The number of amides is 1. The van der Waals surface area contributed by atoms with Gasteiger partial charge in [-0.1, -0.05) is 38.5 Å². The maximum absolute atomic E-state index is 10.7. The van der Waals surface area contributed by atoms with Crippen molar-refractivity contribution in [3.63, 3.8) is 0 Å². The van der Waals surface area contributed by atoms with Crippen molar-refractivity contribution in [2.45, 2.75) is 51.0 Å². The van der Waals surface area contributed by atoms with Crippen molar-refractivity contribution in [2.24, 2.45) is 5.92 Å². The lowest BCUT2D eigenvalue weighted by molar-refractivity contribution is 0.186. The fourth-order valence-corrected chi connectivity index (χ4v) is 2.62. The van der Waals surface area contributed by atoms with Gasteiger partial charge in [0.15, 0.2) is 0 Å². The Hall–Kier alpha value is -0.770. The molecule has 0 aromatic heterocycles. The van der Waals surface area contributed by atoms with Gasteiger partial charge in [-0.05, 0) is 19.4 Å². The van der Waals surface area contributed by atoms with Crippen molar-refractivity contribution in [3.05, 3.63) is 0 Å². The van der Waals surface area contributed by atoms with E-state index in [4.69, 9.17) is 5.11 Å². The molecule has 1 unspecified atom stereocenters. The van der Waals surface area contributed by atoms with E-state index in [0.29, 0.717) is 5.92 Å². The summed E-state index contributed by atoms with van der Waals surface area (Å²) in [6.45, 7) is 0.725. The second-order valence-electron chi connectivity index (χ2n) is 4.80. The summed E-state index contributed by atoms with van der Waals surface area (Å²) in [5, 5.41) is 14.4. The summed E-state index contributed by atoms with van der Waals surface area (Å²) in [6.07, 6.45) is 7.91. The Kier molecular flexibility index (Phi) is 6.23. The van der Waals surface area contributed by atoms with Gasteiger partial charge < -0.3 is 15.7 Å². The number of carbonyl (C=O) groups is 1. The molecular formula is C12H24N2O2. The molecule has 16 heavy (non-hydrogen) atoms. The average molecular weight is 228 g/mol. The molecule has 1 aliphatic rings. The zero-order valence-electron chi connectivity index (χ0n) is 10.2. The molecule has 4 heteroatoms. The van der Waals surface area contributed by atoms with Gasteiger partial charge >= 0.3 is 6.09 Å². The first-order chi connectivity index (χ1) is 7.72. The normalized spacial score (nSPS) is 20.1. The highest BCUT2D eigenvalue weighted by Crippen LogP contribution is 2.26. The minimum Gasteiger partial charge on any atom is -0.465 e. The number of likely N-dealkylation sites (N-methyl/N-ethyl adjacent to an activating group) is 1. The lowest BCUT2D eigenvalue weighted by Gasteiger charge is -2.22. The minimum atomic E-state index is -0.908. The van der Waals surface area contributed by atoms with Crippen molar-refractivity contribution in [3.8, 4) is 0 Å². The third-order valence-electron chi connectivity index (χ3n) is 3.37. The van der Waals surface area contributed by atoms with E-state index in [9.17, 15) is 4.79 Å². The van der Waals surface area contributed by atoms with Gasteiger partial charge in [0.1, 0.15) is 0 Å². The van der Waals surface area contributed by atoms with Crippen LogP contribution in [0.25, 0.3) is 0 Å². The minimum absolute atomic E-state index is 0.0607. The van der Waals surface area contributed by atoms with E-state index in [1.54, 1.807) is 0 Å². The summed E-state index contributed by atoms with van der Waals surface area (Å²) in [5.41, 5.74) is 0. The van der Waals surface area contributed by atoms with Crippen molar-refractivity contribution in [1.82, 2.24) is 10.6 Å². The molecule has 0 heterocycles. The molecule has 1 amide bonds. The summed E-state index contributed by atoms with van der Waals surface area (Å²) >= 11 is 0. The van der Waals surface area contributed by atoms with Crippen LogP contribution in [-0.4, -0.2) is 30.8 Å². The lowest BCUT2D eigenvalue weighted by Crippen LogP contribution is -2.41. The van der Waals surface area contributed by atoms with Crippen LogP contribution in [0.4, 0.5) is 4.79 Å². The third kappa shape index (κ3) is 5.35. The highest BCUT2D eigenvalue weighted by Gasteiger charge is 2.18. The first-order valence-electron chi connectivity index (χ1n) is 6.36. The topological polar surface area (TPSA) is 61.4 Å². The van der Waals surface area contributed by atoms with Crippen LogP contribution >= 0.6 is 0 Å². The Labute approximate surface area is 97.8 Å². The van der Waals surface area contributed by atoms with E-state index in [1.165, 1.54) is 38.5 Å². The quantitative estimate of drug-likeness (QED) is 0.632. The van der Waals surface area contributed by atoms with Crippen molar-refractivity contribution in [2.75, 3.05) is 13.6 Å². The molecule has 1 fully saturated rings. The fraction of sp³-hybridized carbons (Fsp3) is 0.917. The van der Waals surface area contributed by atoms with E-state index in [1.807, 2.05) is 7.05 Å². The molecule has 1 aliphatic carbocycles. The third-order valence-corrected chi connectivity index (χ3v) is 3.37. The van der Waals surface area contributed by atoms with E-state index < -0.39 is 6.09 Å². The van der Waals surface area contributed by atoms with E-state index in [-0.39, 0.29) is 6.04 Å². The molecule has 1 saturated carbocycles. The predicted octanol–water partition coefficient (Wildman–Crippen LogP) is 2.20. The van der Waals surface area contributed by atoms with Gasteiger partial charge in [0, 0.05) is 12.6 Å². The molecule has 1 rings (SSSR count). The number of hydrogen-bond acceptors (Lipinski definition) is 2. The SMILES string of the molecule is CNCC(CC1CCCCCC1)NC(=O)O. The molecule has 0 bridgehead atoms. The molecule has 1 atom stereocenters. The molecule has 3 N–H and O–H groups in total. The molecule has 0 spiro atoms. The van der Waals surface area contributed by atoms with Gasteiger partial charge in [0.25, 0.3) is 0 Å². The molecule has 94 valence electrons. The van der Waals surface area contributed by atoms with Crippen molar-refractivity contribution in [1.29, 1.82) is 0 Å². The predicted molar refractivity (Wildman–Crippen MR) is 64.7 cm³/mol. The molecule has 0 saturated heterocycles. The standard InChI is InChI=1S/C12H24N2O2/c1-13-9-11(14-12(15)16)8-10-6-4-2-3-5-7-10/h10-11,13-14H,2-9H2,1H3,(H,15,16). The van der Waals surface area contributed by atoms with Crippen LogP contribution in [0.3, 0.4) is 0 Å². The zero-order valence-corrected chi connectivity index (χ0v) is 10.2. The number of nitrogens with one attached hydrogen (secondary N) is 2. The van der Waals surface area contributed by atoms with Gasteiger partial charge in [0.2, 0.25) is 0 Å². The molecule has 0 aromatic carbocycles. The molecule has 4 nitrogen and oxygen atoms in total. The van der Waals surface area contributed by atoms with Crippen LogP contribution in [0.5, 0.6) is 0 Å². The molecular weight excluding hydrogens is 204 g/mol. The molecule has 0 aliphatic heterocycles. The highest BCUT2D eigenvalue weighted by atomic mass is 16.4. The average Bonchev–Trinajstić information content (AvgIpc) is 2.45. The first-order valence-corrected chi connectivity index (χ1v) is 6.36. The van der Waals surface area contributed by atoms with E-state index >= 15 is 0 Å². The van der Waals surface area contributed by atoms with Gasteiger partial charge in [-0.2, -0.15) is 0 Å². The van der Waals surface area contributed by atoms with E-state index in [2.05, 4.69) is 10.6 Å². The fourth-order valence-electron chi connectivity index (χ4n) is 2.62. The van der Waals surface area contributed by atoms with E-state index in [0.717, 1.165) is 13.0 Å². The maximum Gasteiger partial charge on any atom is 0.404 e. The summed E-state index contributed by atoms with van der Waals surface area (Å²) < 4.78 is 0. The summed E-state index contributed by atoms with van der Waals surface area (Å²) in [4.78, 5) is 10.7. The lowest BCUT2D eigenvalue weighted by atomic mass is 9.92. The van der Waals surface area contributed by atoms with Crippen molar-refractivity contribution < 1.29 is 9.90 Å². The zero-order chi connectivity index (χ0) is 11.8. The first kappa shape index (κ1) is 13.3. The van der Waals surface area contributed by atoms with Gasteiger partial charge in [-0.25, -0.2) is 4.79 Å². The van der Waals surface area contributed by atoms with Gasteiger partial charge in [-0.3, -0.25) is 0 Å².